The van der Waals surface area contributed by atoms with E-state index in [0.717, 1.165) is 22.5 Å². The fourth-order valence-corrected chi connectivity index (χ4v) is 2.47. The van der Waals surface area contributed by atoms with E-state index in [2.05, 4.69) is 15.6 Å². The molecule has 0 radical (unpaired) electrons. The van der Waals surface area contributed by atoms with Gasteiger partial charge in [-0.1, -0.05) is 36.4 Å². The highest BCUT2D eigenvalue weighted by Crippen LogP contribution is 2.16. The molecule has 2 N–H and O–H groups in total. The van der Waals surface area contributed by atoms with E-state index in [9.17, 15) is 9.59 Å². The quantitative estimate of drug-likeness (QED) is 0.744. The lowest BCUT2D eigenvalue weighted by Crippen LogP contribution is -2.16. The van der Waals surface area contributed by atoms with Crippen LogP contribution < -0.4 is 10.6 Å². The molecule has 2 amide bonds. The van der Waals surface area contributed by atoms with Gasteiger partial charge in [-0.2, -0.15) is 0 Å². The Kier molecular flexibility index (Phi) is 5.08. The Morgan fingerprint density at radius 3 is 1.77 bits per heavy atom. The van der Waals surface area contributed by atoms with E-state index in [1.165, 1.54) is 6.20 Å². The molecule has 0 unspecified atom stereocenters. The van der Waals surface area contributed by atoms with E-state index in [1.54, 1.807) is 12.1 Å². The van der Waals surface area contributed by atoms with E-state index >= 15 is 0 Å². The van der Waals surface area contributed by atoms with E-state index in [4.69, 9.17) is 0 Å². The molecular formula is C21H19N3O2. The molecule has 5 nitrogen and oxygen atoms in total. The van der Waals surface area contributed by atoms with Gasteiger partial charge in [-0.25, -0.2) is 0 Å². The second kappa shape index (κ2) is 7.61. The molecule has 0 saturated carbocycles. The van der Waals surface area contributed by atoms with Gasteiger partial charge in [-0.05, 0) is 49.2 Å². The minimum absolute atomic E-state index is 0.251. The molecule has 3 aromatic rings. The van der Waals surface area contributed by atoms with Gasteiger partial charge in [0.1, 0.15) is 5.69 Å². The molecule has 0 spiro atoms. The van der Waals surface area contributed by atoms with Crippen LogP contribution in [0.3, 0.4) is 0 Å². The molecule has 0 fully saturated rings. The van der Waals surface area contributed by atoms with Crippen LogP contribution in [-0.2, 0) is 0 Å². The molecule has 5 heteroatoms. The largest absolute Gasteiger partial charge is 0.322 e. The summed E-state index contributed by atoms with van der Waals surface area (Å²) in [6.45, 7) is 3.84. The number of amides is 2. The summed E-state index contributed by atoms with van der Waals surface area (Å²) in [4.78, 5) is 28.8. The third-order valence-electron chi connectivity index (χ3n) is 4.04. The van der Waals surface area contributed by atoms with Crippen molar-refractivity contribution in [2.75, 3.05) is 10.6 Å². The maximum absolute atomic E-state index is 12.3. The van der Waals surface area contributed by atoms with Gasteiger partial charge in [0.2, 0.25) is 0 Å². The molecule has 3 rings (SSSR count). The smallest absolute Gasteiger partial charge is 0.274 e. The van der Waals surface area contributed by atoms with Gasteiger partial charge in [0.15, 0.2) is 0 Å². The van der Waals surface area contributed by atoms with Gasteiger partial charge >= 0.3 is 0 Å². The molecule has 0 atom stereocenters. The molecule has 1 heterocycles. The first kappa shape index (κ1) is 17.4. The Morgan fingerprint density at radius 1 is 0.731 bits per heavy atom. The Hall–Kier alpha value is -3.47. The van der Waals surface area contributed by atoms with Gasteiger partial charge in [0.05, 0.1) is 5.56 Å². The summed E-state index contributed by atoms with van der Waals surface area (Å²) in [7, 11) is 0. The minimum Gasteiger partial charge on any atom is -0.322 e. The fraction of sp³-hybridized carbons (Fsp3) is 0.0952. The summed E-state index contributed by atoms with van der Waals surface area (Å²) in [5.41, 5.74) is 4.07. The molecule has 1 aromatic heterocycles. The highest BCUT2D eigenvalue weighted by atomic mass is 16.2. The van der Waals surface area contributed by atoms with E-state index < -0.39 is 0 Å². The summed E-state index contributed by atoms with van der Waals surface area (Å²) in [6.07, 6.45) is 1.40. The van der Waals surface area contributed by atoms with Crippen molar-refractivity contribution < 1.29 is 9.59 Å². The van der Waals surface area contributed by atoms with Crippen molar-refractivity contribution in [3.63, 3.8) is 0 Å². The van der Waals surface area contributed by atoms with Crippen molar-refractivity contribution in [1.82, 2.24) is 4.98 Å². The summed E-state index contributed by atoms with van der Waals surface area (Å²) < 4.78 is 0. The van der Waals surface area contributed by atoms with Crippen LogP contribution in [0.15, 0.2) is 66.9 Å². The Morgan fingerprint density at radius 2 is 1.27 bits per heavy atom. The van der Waals surface area contributed by atoms with Gasteiger partial charge < -0.3 is 10.6 Å². The maximum atomic E-state index is 12.3. The maximum Gasteiger partial charge on any atom is 0.274 e. The van der Waals surface area contributed by atoms with Crippen molar-refractivity contribution in [1.29, 1.82) is 0 Å². The fourth-order valence-electron chi connectivity index (χ4n) is 2.47. The molecule has 130 valence electrons. The highest BCUT2D eigenvalue weighted by molar-refractivity contribution is 6.06. The second-order valence-corrected chi connectivity index (χ2v) is 5.97. The zero-order chi connectivity index (χ0) is 18.5. The number of pyridine rings is 1. The van der Waals surface area contributed by atoms with Crippen LogP contribution in [-0.4, -0.2) is 16.8 Å². The van der Waals surface area contributed by atoms with Crippen LogP contribution in [0.5, 0.6) is 0 Å². The van der Waals surface area contributed by atoms with E-state index in [0.29, 0.717) is 5.56 Å². The third-order valence-corrected chi connectivity index (χ3v) is 4.04. The lowest BCUT2D eigenvalue weighted by molar-refractivity contribution is 0.101. The molecule has 0 bridgehead atoms. The first-order valence-corrected chi connectivity index (χ1v) is 8.24. The van der Waals surface area contributed by atoms with E-state index in [1.807, 2.05) is 62.4 Å². The number of benzene rings is 2. The zero-order valence-corrected chi connectivity index (χ0v) is 14.6. The van der Waals surface area contributed by atoms with Crippen molar-refractivity contribution in [2.24, 2.45) is 0 Å². The zero-order valence-electron chi connectivity index (χ0n) is 14.6. The Balaban J connectivity index is 1.70. The average Bonchev–Trinajstić information content (AvgIpc) is 2.65. The van der Waals surface area contributed by atoms with Crippen LogP contribution in [0.25, 0.3) is 0 Å². The SMILES string of the molecule is Cc1ccccc1NC(=O)c1ccc(C(=O)Nc2ccccc2C)nc1. The third kappa shape index (κ3) is 3.95. The Bertz CT molecular complexity index is 871. The molecule has 0 aliphatic carbocycles. The number of carbonyl (C=O) groups excluding carboxylic acids is 2. The summed E-state index contributed by atoms with van der Waals surface area (Å²) in [5.74, 6) is -0.581. The average molecular weight is 345 g/mol. The number of nitrogens with zero attached hydrogens (tertiary/aromatic N) is 1. The van der Waals surface area contributed by atoms with Crippen molar-refractivity contribution in [3.8, 4) is 0 Å². The molecule has 0 saturated heterocycles. The molecule has 2 aromatic carbocycles. The standard InChI is InChI=1S/C21H19N3O2/c1-14-7-3-5-9-17(14)23-20(25)16-11-12-19(22-13-16)21(26)24-18-10-6-4-8-15(18)2/h3-13H,1-2H3,(H,23,25)(H,24,26). The normalized spacial score (nSPS) is 10.2. The Labute approximate surface area is 152 Å². The number of carbonyl (C=O) groups is 2. The van der Waals surface area contributed by atoms with E-state index in [-0.39, 0.29) is 17.5 Å². The van der Waals surface area contributed by atoms with Gasteiger partial charge in [-0.3, -0.25) is 14.6 Å². The lowest BCUT2D eigenvalue weighted by Gasteiger charge is -2.09. The van der Waals surface area contributed by atoms with Gasteiger partial charge in [0, 0.05) is 17.6 Å². The number of anilines is 2. The topological polar surface area (TPSA) is 71.1 Å². The monoisotopic (exact) mass is 345 g/mol. The molecule has 0 aliphatic rings. The number of hydrogen-bond donors (Lipinski definition) is 2. The van der Waals surface area contributed by atoms with Gasteiger partial charge in [-0.15, -0.1) is 0 Å². The predicted molar refractivity (Wildman–Crippen MR) is 103 cm³/mol. The minimum atomic E-state index is -0.315. The number of aromatic nitrogens is 1. The summed E-state index contributed by atoms with van der Waals surface area (Å²) in [5, 5.41) is 5.66. The van der Waals surface area contributed by atoms with Crippen LogP contribution in [0, 0.1) is 13.8 Å². The lowest BCUT2D eigenvalue weighted by atomic mass is 10.1. The molecule has 0 aliphatic heterocycles. The summed E-state index contributed by atoms with van der Waals surface area (Å²) >= 11 is 0. The van der Waals surface area contributed by atoms with Crippen LogP contribution >= 0.6 is 0 Å². The number of hydrogen-bond acceptors (Lipinski definition) is 3. The molecule has 26 heavy (non-hydrogen) atoms. The number of aryl methyl sites for hydroxylation is 2. The first-order chi connectivity index (χ1) is 12.5. The van der Waals surface area contributed by atoms with Crippen LogP contribution in [0.2, 0.25) is 0 Å². The van der Waals surface area contributed by atoms with Crippen LogP contribution in [0.1, 0.15) is 32.0 Å². The summed E-state index contributed by atoms with van der Waals surface area (Å²) in [6, 6.07) is 18.2. The highest BCUT2D eigenvalue weighted by Gasteiger charge is 2.12. The van der Waals surface area contributed by atoms with Crippen molar-refractivity contribution in [2.45, 2.75) is 13.8 Å². The second-order valence-electron chi connectivity index (χ2n) is 5.97. The van der Waals surface area contributed by atoms with Crippen molar-refractivity contribution >= 4 is 23.2 Å². The van der Waals surface area contributed by atoms with Crippen LogP contribution in [0.4, 0.5) is 11.4 Å². The number of para-hydroxylation sites is 2. The predicted octanol–water partition coefficient (Wildman–Crippen LogP) is 4.20. The number of nitrogens with one attached hydrogen (secondary N) is 2. The van der Waals surface area contributed by atoms with Gasteiger partial charge in [0.25, 0.3) is 11.8 Å². The first-order valence-electron chi connectivity index (χ1n) is 8.24. The number of rotatable bonds is 4. The van der Waals surface area contributed by atoms with Crippen molar-refractivity contribution in [3.05, 3.63) is 89.2 Å². The molecular weight excluding hydrogens is 326 g/mol.